The number of carboxylic acid groups (broad SMARTS) is 1. The van der Waals surface area contributed by atoms with Crippen LogP contribution in [-0.2, 0) is 9.59 Å². The summed E-state index contributed by atoms with van der Waals surface area (Å²) in [6, 6.07) is 0. The molecule has 0 aromatic carbocycles. The highest BCUT2D eigenvalue weighted by Gasteiger charge is 2.07. The Bertz CT molecular complexity index is 346. The Labute approximate surface area is 85.6 Å². The molecule has 0 radical (unpaired) electrons. The van der Waals surface area contributed by atoms with E-state index in [2.05, 4.69) is 5.32 Å². The van der Waals surface area contributed by atoms with Crippen LogP contribution in [-0.4, -0.2) is 17.0 Å². The first-order chi connectivity index (χ1) is 6.59. The van der Waals surface area contributed by atoms with Gasteiger partial charge in [-0.25, -0.2) is 0 Å². The van der Waals surface area contributed by atoms with Crippen LogP contribution in [0.2, 0.25) is 0 Å². The first-order valence-electron chi connectivity index (χ1n) is 4.14. The Morgan fingerprint density at radius 2 is 2.14 bits per heavy atom. The van der Waals surface area contributed by atoms with Crippen LogP contribution < -0.4 is 5.32 Å². The van der Waals surface area contributed by atoms with Gasteiger partial charge in [-0.1, -0.05) is 0 Å². The number of amides is 1. The van der Waals surface area contributed by atoms with Crippen LogP contribution in [0.25, 0.3) is 0 Å². The van der Waals surface area contributed by atoms with E-state index in [0.717, 1.165) is 11.3 Å². The molecule has 0 unspecified atom stereocenters. The van der Waals surface area contributed by atoms with Crippen molar-refractivity contribution in [2.24, 2.45) is 0 Å². The van der Waals surface area contributed by atoms with Crippen molar-refractivity contribution in [3.05, 3.63) is 16.3 Å². The molecule has 0 atom stereocenters. The molecule has 0 bridgehead atoms. The lowest BCUT2D eigenvalue weighted by Gasteiger charge is -2.02. The van der Waals surface area contributed by atoms with Crippen LogP contribution in [0.15, 0.2) is 10.8 Å². The van der Waals surface area contributed by atoms with Crippen LogP contribution in [0.3, 0.4) is 0 Å². The maximum absolute atomic E-state index is 11.2. The molecule has 0 aliphatic heterocycles. The number of nitrogens with one attached hydrogen (secondary N) is 1. The number of aryl methyl sites for hydroxylation is 1. The topological polar surface area (TPSA) is 66.4 Å². The highest BCUT2D eigenvalue weighted by Crippen LogP contribution is 2.19. The fraction of sp³-hybridized carbons (Fsp3) is 0.333. The maximum atomic E-state index is 11.2. The molecule has 5 heteroatoms. The Morgan fingerprint density at radius 3 is 2.64 bits per heavy atom. The third kappa shape index (κ3) is 3.18. The Kier molecular flexibility index (Phi) is 3.64. The maximum Gasteiger partial charge on any atom is 0.303 e. The van der Waals surface area contributed by atoms with E-state index in [4.69, 9.17) is 5.11 Å². The Balaban J connectivity index is 2.42. The minimum Gasteiger partial charge on any atom is -0.481 e. The van der Waals surface area contributed by atoms with Gasteiger partial charge in [-0.05, 0) is 17.9 Å². The van der Waals surface area contributed by atoms with Gasteiger partial charge in [-0.15, -0.1) is 11.3 Å². The summed E-state index contributed by atoms with van der Waals surface area (Å²) in [4.78, 5) is 21.4. The molecule has 0 aliphatic rings. The van der Waals surface area contributed by atoms with Crippen molar-refractivity contribution in [1.29, 1.82) is 0 Å². The molecular weight excluding hydrogens is 202 g/mol. The van der Waals surface area contributed by atoms with Crippen molar-refractivity contribution < 1.29 is 14.7 Å². The van der Waals surface area contributed by atoms with Gasteiger partial charge < -0.3 is 10.4 Å². The molecule has 2 N–H and O–H groups in total. The van der Waals surface area contributed by atoms with Gasteiger partial charge in [0.15, 0.2) is 0 Å². The normalized spacial score (nSPS) is 9.79. The predicted molar refractivity (Wildman–Crippen MR) is 54.6 cm³/mol. The molecule has 0 aliphatic carbocycles. The minimum absolute atomic E-state index is 0.0185. The first-order valence-corrected chi connectivity index (χ1v) is 5.08. The zero-order chi connectivity index (χ0) is 10.6. The number of thiophene rings is 1. The fourth-order valence-corrected chi connectivity index (χ4v) is 1.70. The van der Waals surface area contributed by atoms with Crippen molar-refractivity contribution in [1.82, 2.24) is 0 Å². The molecule has 0 fully saturated rings. The number of carbonyl (C=O) groups excluding carboxylic acids is 1. The van der Waals surface area contributed by atoms with Gasteiger partial charge in [0.2, 0.25) is 5.91 Å². The second kappa shape index (κ2) is 4.76. The average molecular weight is 213 g/mol. The Hall–Kier alpha value is -1.36. The van der Waals surface area contributed by atoms with Crippen molar-refractivity contribution in [2.45, 2.75) is 19.8 Å². The zero-order valence-electron chi connectivity index (χ0n) is 7.74. The molecule has 1 amide bonds. The summed E-state index contributed by atoms with van der Waals surface area (Å²) in [5.41, 5.74) is 1.77. The number of carboxylic acids is 1. The van der Waals surface area contributed by atoms with Crippen molar-refractivity contribution in [3.63, 3.8) is 0 Å². The molecule has 0 saturated heterocycles. The van der Waals surface area contributed by atoms with Crippen LogP contribution in [0.1, 0.15) is 18.4 Å². The lowest BCUT2D eigenvalue weighted by molar-refractivity contribution is -0.138. The summed E-state index contributed by atoms with van der Waals surface area (Å²) in [7, 11) is 0. The van der Waals surface area contributed by atoms with Crippen molar-refractivity contribution in [3.8, 4) is 0 Å². The number of hydrogen-bond donors (Lipinski definition) is 2. The highest BCUT2D eigenvalue weighted by molar-refractivity contribution is 7.08. The number of rotatable bonds is 4. The number of aliphatic carboxylic acids is 1. The van der Waals surface area contributed by atoms with Crippen LogP contribution >= 0.6 is 11.3 Å². The predicted octanol–water partition coefficient (Wildman–Crippen LogP) is 1.86. The Morgan fingerprint density at radius 1 is 1.43 bits per heavy atom. The molecule has 1 aromatic heterocycles. The van der Waals surface area contributed by atoms with Crippen molar-refractivity contribution in [2.75, 3.05) is 5.32 Å². The van der Waals surface area contributed by atoms with E-state index in [1.54, 1.807) is 0 Å². The van der Waals surface area contributed by atoms with Gasteiger partial charge in [0.05, 0.1) is 12.1 Å². The third-order valence-electron chi connectivity index (χ3n) is 1.70. The van der Waals surface area contributed by atoms with Gasteiger partial charge in [0, 0.05) is 11.8 Å². The van der Waals surface area contributed by atoms with Crippen LogP contribution in [0.4, 0.5) is 5.69 Å². The molecule has 0 saturated carbocycles. The van der Waals surface area contributed by atoms with Gasteiger partial charge >= 0.3 is 5.97 Å². The van der Waals surface area contributed by atoms with E-state index in [-0.39, 0.29) is 18.7 Å². The molecule has 0 spiro atoms. The summed E-state index contributed by atoms with van der Waals surface area (Å²) in [5, 5.41) is 14.8. The van der Waals surface area contributed by atoms with E-state index in [1.807, 2.05) is 17.7 Å². The molecule has 1 rings (SSSR count). The largest absolute Gasteiger partial charge is 0.481 e. The standard InChI is InChI=1S/C9H11NO3S/c1-6-4-14-5-7(6)10-8(11)2-3-9(12)13/h4-5H,2-3H2,1H3,(H,10,11)(H,12,13). The second-order valence-corrected chi connectivity index (χ2v) is 3.65. The number of hydrogen-bond acceptors (Lipinski definition) is 3. The van der Waals surface area contributed by atoms with E-state index in [1.165, 1.54) is 11.3 Å². The molecule has 14 heavy (non-hydrogen) atoms. The second-order valence-electron chi connectivity index (χ2n) is 2.91. The number of anilines is 1. The van der Waals surface area contributed by atoms with E-state index in [0.29, 0.717) is 0 Å². The van der Waals surface area contributed by atoms with Gasteiger partial charge in [0.1, 0.15) is 0 Å². The summed E-state index contributed by atoms with van der Waals surface area (Å²) in [6.45, 7) is 1.89. The van der Waals surface area contributed by atoms with Gasteiger partial charge in [-0.2, -0.15) is 0 Å². The molecule has 4 nitrogen and oxygen atoms in total. The first kappa shape index (κ1) is 10.7. The zero-order valence-corrected chi connectivity index (χ0v) is 8.56. The molecular formula is C9H11NO3S. The van der Waals surface area contributed by atoms with E-state index in [9.17, 15) is 9.59 Å². The third-order valence-corrected chi connectivity index (χ3v) is 2.56. The number of carbonyl (C=O) groups is 2. The lowest BCUT2D eigenvalue weighted by atomic mass is 10.2. The van der Waals surface area contributed by atoms with Crippen LogP contribution in [0.5, 0.6) is 0 Å². The monoisotopic (exact) mass is 213 g/mol. The molecule has 76 valence electrons. The summed E-state index contributed by atoms with van der Waals surface area (Å²) in [5.74, 6) is -1.21. The fourth-order valence-electron chi connectivity index (χ4n) is 0.922. The summed E-state index contributed by atoms with van der Waals surface area (Å²) in [6.07, 6.45) is -0.111. The quantitative estimate of drug-likeness (QED) is 0.802. The SMILES string of the molecule is Cc1cscc1NC(=O)CCC(=O)O. The molecule has 1 aromatic rings. The van der Waals surface area contributed by atoms with Crippen molar-refractivity contribution >= 4 is 28.9 Å². The van der Waals surface area contributed by atoms with E-state index < -0.39 is 5.97 Å². The lowest BCUT2D eigenvalue weighted by Crippen LogP contribution is -2.13. The smallest absolute Gasteiger partial charge is 0.303 e. The molecule has 1 heterocycles. The van der Waals surface area contributed by atoms with Gasteiger partial charge in [-0.3, -0.25) is 9.59 Å². The van der Waals surface area contributed by atoms with Crippen LogP contribution in [0, 0.1) is 6.92 Å². The highest BCUT2D eigenvalue weighted by atomic mass is 32.1. The van der Waals surface area contributed by atoms with Gasteiger partial charge in [0.25, 0.3) is 0 Å². The average Bonchev–Trinajstić information content (AvgIpc) is 2.49. The summed E-state index contributed by atoms with van der Waals surface area (Å²) >= 11 is 1.50. The summed E-state index contributed by atoms with van der Waals surface area (Å²) < 4.78 is 0. The van der Waals surface area contributed by atoms with E-state index >= 15 is 0 Å². The minimum atomic E-state index is -0.956.